The summed E-state index contributed by atoms with van der Waals surface area (Å²) < 4.78 is 15.1. The molecule has 5 heterocycles. The van der Waals surface area contributed by atoms with E-state index in [0.717, 1.165) is 97.2 Å². The summed E-state index contributed by atoms with van der Waals surface area (Å²) in [4.78, 5) is 79.3. The number of carbonyl (C=O) groups is 4. The zero-order chi connectivity index (χ0) is 46.3. The van der Waals surface area contributed by atoms with Crippen molar-refractivity contribution in [3.63, 3.8) is 0 Å². The van der Waals surface area contributed by atoms with E-state index in [9.17, 15) is 24.0 Å². The average molecular weight is 916 g/mol. The molecule has 15 heteroatoms. The summed E-state index contributed by atoms with van der Waals surface area (Å²) in [6, 6.07) is 19.9. The number of nitrogens with one attached hydrogen (secondary N) is 2. The molecule has 1 saturated carbocycles. The average Bonchev–Trinajstić information content (AvgIpc) is 3.38. The van der Waals surface area contributed by atoms with E-state index in [1.165, 1.54) is 18.1 Å². The number of amides is 4. The Morgan fingerprint density at radius 1 is 0.701 bits per heavy atom. The van der Waals surface area contributed by atoms with Crippen molar-refractivity contribution in [2.75, 3.05) is 98.2 Å². The quantitative estimate of drug-likeness (QED) is 0.206. The molecule has 1 unspecified atom stereocenters. The topological polar surface area (TPSA) is 146 Å². The predicted octanol–water partition coefficient (Wildman–Crippen LogP) is 4.74. The third-order valence-electron chi connectivity index (χ3n) is 15.1. The van der Waals surface area contributed by atoms with Gasteiger partial charge in [0.1, 0.15) is 12.4 Å². The molecule has 4 amide bonds. The van der Waals surface area contributed by atoms with Crippen molar-refractivity contribution in [1.82, 2.24) is 44.9 Å². The van der Waals surface area contributed by atoms with Gasteiger partial charge in [-0.3, -0.25) is 33.8 Å². The van der Waals surface area contributed by atoms with Gasteiger partial charge >= 0.3 is 0 Å². The van der Waals surface area contributed by atoms with Crippen LogP contribution in [-0.4, -0.2) is 167 Å². The van der Waals surface area contributed by atoms with E-state index in [1.807, 2.05) is 39.0 Å². The third-order valence-corrected chi connectivity index (χ3v) is 15.1. The maximum Gasteiger partial charge on any atom is 0.272 e. The number of fused-ring (bicyclic) bond motifs is 1. The molecule has 1 aromatic heterocycles. The fourth-order valence-electron chi connectivity index (χ4n) is 11.1. The van der Waals surface area contributed by atoms with E-state index < -0.39 is 11.7 Å². The molecule has 4 saturated heterocycles. The molecule has 0 spiro atoms. The zero-order valence-corrected chi connectivity index (χ0v) is 38.8. The highest BCUT2D eigenvalue weighted by molar-refractivity contribution is 5.97. The number of rotatable bonds is 12. The number of likely N-dealkylation sites (tertiary alicyclic amines) is 1. The minimum atomic E-state index is -0.599. The molecule has 4 aromatic rings. The minimum Gasteiger partial charge on any atom is -0.339 e. The number of hydrogen-bond donors (Lipinski definition) is 2. The molecule has 356 valence electrons. The highest BCUT2D eigenvalue weighted by atomic mass is 19.1. The number of hydrogen-bond acceptors (Lipinski definition) is 9. The van der Waals surface area contributed by atoms with E-state index >= 15 is 4.39 Å². The first-order valence-corrected chi connectivity index (χ1v) is 24.8. The molecule has 1 aliphatic carbocycles. The SMILES string of the molecule is O=C(CN1CCC(CN2CCN(C(=O)CN(C(=O)c3cccc(C4CCCNC4)c3)C3CCCCC3)CC2)CC1)N1CCN(C(=O)c2cc(Cc3n[nH]c(=O)c4ccccc34)ccc2F)CC1. The molecule has 67 heavy (non-hydrogen) atoms. The molecule has 9 rings (SSSR count). The van der Waals surface area contributed by atoms with Crippen LogP contribution < -0.4 is 10.9 Å². The summed E-state index contributed by atoms with van der Waals surface area (Å²) in [6.45, 7) is 9.53. The molecule has 2 N–H and O–H groups in total. The van der Waals surface area contributed by atoms with Crippen LogP contribution in [0.5, 0.6) is 0 Å². The van der Waals surface area contributed by atoms with Gasteiger partial charge in [-0.25, -0.2) is 9.49 Å². The van der Waals surface area contributed by atoms with Crippen molar-refractivity contribution in [2.24, 2.45) is 5.92 Å². The van der Waals surface area contributed by atoms with Crippen LogP contribution in [-0.2, 0) is 16.0 Å². The zero-order valence-electron chi connectivity index (χ0n) is 38.8. The monoisotopic (exact) mass is 916 g/mol. The van der Waals surface area contributed by atoms with Gasteiger partial charge in [0.25, 0.3) is 17.4 Å². The number of aromatic nitrogens is 2. The fourth-order valence-corrected chi connectivity index (χ4v) is 11.1. The Labute approximate surface area is 392 Å². The van der Waals surface area contributed by atoms with E-state index in [1.54, 1.807) is 29.2 Å². The second-order valence-electron chi connectivity index (χ2n) is 19.5. The van der Waals surface area contributed by atoms with E-state index in [0.29, 0.717) is 91.7 Å². The first-order valence-electron chi connectivity index (χ1n) is 24.8. The lowest BCUT2D eigenvalue weighted by molar-refractivity contribution is -0.135. The van der Waals surface area contributed by atoms with Crippen LogP contribution in [0.3, 0.4) is 0 Å². The maximum atomic E-state index is 15.1. The molecule has 3 aromatic carbocycles. The van der Waals surface area contributed by atoms with Gasteiger partial charge in [-0.2, -0.15) is 5.10 Å². The number of halogens is 1. The van der Waals surface area contributed by atoms with Crippen LogP contribution in [0.4, 0.5) is 4.39 Å². The molecule has 4 aliphatic heterocycles. The Balaban J connectivity index is 0.700. The van der Waals surface area contributed by atoms with Crippen molar-refractivity contribution in [1.29, 1.82) is 0 Å². The van der Waals surface area contributed by atoms with Crippen molar-refractivity contribution in [2.45, 2.75) is 76.2 Å². The van der Waals surface area contributed by atoms with Crippen LogP contribution in [0.1, 0.15) is 101 Å². The number of piperazine rings is 2. The second kappa shape index (κ2) is 21.6. The van der Waals surface area contributed by atoms with E-state index in [4.69, 9.17) is 0 Å². The van der Waals surface area contributed by atoms with Gasteiger partial charge in [0.2, 0.25) is 11.8 Å². The summed E-state index contributed by atoms with van der Waals surface area (Å²) in [5.74, 6) is 0.00936. The summed E-state index contributed by atoms with van der Waals surface area (Å²) in [5, 5.41) is 11.5. The Kier molecular flexibility index (Phi) is 15.0. The van der Waals surface area contributed by atoms with Gasteiger partial charge in [0.15, 0.2) is 0 Å². The Bertz CT molecular complexity index is 2450. The molecule has 5 aliphatic rings. The molecule has 0 radical (unpaired) electrons. The van der Waals surface area contributed by atoms with Crippen LogP contribution in [0, 0.1) is 11.7 Å². The highest BCUT2D eigenvalue weighted by Gasteiger charge is 2.33. The highest BCUT2D eigenvalue weighted by Crippen LogP contribution is 2.28. The Hall–Kier alpha value is -5.51. The smallest absolute Gasteiger partial charge is 0.272 e. The van der Waals surface area contributed by atoms with Gasteiger partial charge in [0, 0.05) is 88.9 Å². The van der Waals surface area contributed by atoms with Gasteiger partial charge in [-0.15, -0.1) is 0 Å². The lowest BCUT2D eigenvalue weighted by Gasteiger charge is -2.40. The number of H-pyrrole nitrogens is 1. The summed E-state index contributed by atoms with van der Waals surface area (Å²) in [5.41, 5.74) is 2.94. The minimum absolute atomic E-state index is 0.0151. The largest absolute Gasteiger partial charge is 0.339 e. The normalized spacial score (nSPS) is 20.6. The summed E-state index contributed by atoms with van der Waals surface area (Å²) >= 11 is 0. The Morgan fingerprint density at radius 3 is 2.16 bits per heavy atom. The lowest BCUT2D eigenvalue weighted by Crippen LogP contribution is -2.54. The molecule has 1 atom stereocenters. The molecular formula is C52H66FN9O5. The first-order chi connectivity index (χ1) is 32.7. The second-order valence-corrected chi connectivity index (χ2v) is 19.5. The summed E-state index contributed by atoms with van der Waals surface area (Å²) in [7, 11) is 0. The fraction of sp³-hybridized carbons (Fsp3) is 0.538. The van der Waals surface area contributed by atoms with E-state index in [-0.39, 0.29) is 41.4 Å². The van der Waals surface area contributed by atoms with Crippen molar-refractivity contribution < 1.29 is 23.6 Å². The van der Waals surface area contributed by atoms with Crippen LogP contribution in [0.15, 0.2) is 71.5 Å². The van der Waals surface area contributed by atoms with Gasteiger partial charge in [-0.1, -0.05) is 55.7 Å². The first kappa shape index (κ1) is 46.6. The van der Waals surface area contributed by atoms with E-state index in [2.05, 4.69) is 37.4 Å². The van der Waals surface area contributed by atoms with Crippen molar-refractivity contribution in [3.8, 4) is 0 Å². The van der Waals surface area contributed by atoms with Gasteiger partial charge < -0.3 is 24.9 Å². The predicted molar refractivity (Wildman–Crippen MR) is 255 cm³/mol. The third kappa shape index (κ3) is 11.3. The standard InChI is InChI=1S/C52H66FN9O5/c53-46-16-15-38(31-47-43-13-4-5-14-44(43)50(65)56-55-47)30-45(46)52(67)61-28-26-60(27-29-61)48(63)35-57-20-17-37(18-21-57)34-58-22-24-59(25-23-58)49(64)36-62(42-11-2-1-3-12-42)51(66)40-9-6-8-39(32-40)41-10-7-19-54-33-41/h4-6,8-9,13-16,30,32,37,41-42,54H,1-3,7,10-12,17-29,31,33-36H2,(H,56,65). The van der Waals surface area contributed by atoms with Crippen molar-refractivity contribution >= 4 is 34.4 Å². The summed E-state index contributed by atoms with van der Waals surface area (Å²) in [6.07, 6.45) is 9.85. The van der Waals surface area contributed by atoms with Gasteiger partial charge in [-0.05, 0) is 111 Å². The maximum absolute atomic E-state index is 15.1. The molecule has 0 bridgehead atoms. The number of carbonyl (C=O) groups excluding carboxylic acids is 4. The van der Waals surface area contributed by atoms with Crippen LogP contribution in [0.25, 0.3) is 10.8 Å². The number of aromatic amines is 1. The number of nitrogens with zero attached hydrogens (tertiary/aromatic N) is 7. The Morgan fingerprint density at radius 2 is 1.42 bits per heavy atom. The van der Waals surface area contributed by atoms with Crippen molar-refractivity contribution in [3.05, 3.63) is 111 Å². The van der Waals surface area contributed by atoms with Crippen LogP contribution >= 0.6 is 0 Å². The molecule has 14 nitrogen and oxygen atoms in total. The number of piperidine rings is 2. The lowest BCUT2D eigenvalue weighted by atomic mass is 9.90. The molecule has 5 fully saturated rings. The van der Waals surface area contributed by atoms with Gasteiger partial charge in [0.05, 0.1) is 23.2 Å². The van der Waals surface area contributed by atoms with Crippen LogP contribution in [0.2, 0.25) is 0 Å². The molecular weight excluding hydrogens is 850 g/mol. The number of benzene rings is 3.